The Morgan fingerprint density at radius 3 is 2.54 bits per heavy atom. The fraction of sp³-hybridized carbons (Fsp3) is 0.267. The van der Waals surface area contributed by atoms with Crippen molar-refractivity contribution in [2.24, 2.45) is 10.2 Å². The molecule has 0 N–H and O–H groups in total. The number of non-ortho nitro benzene ring substituents is 1. The van der Waals surface area contributed by atoms with Gasteiger partial charge in [0.1, 0.15) is 6.04 Å². The van der Waals surface area contributed by atoms with Gasteiger partial charge in [0.25, 0.3) is 11.6 Å². The SMILES string of the molecule is CCOC(=O)CC(N=Nc1ncccn1)c1ccc([N+](=O)[O-])cc1. The third kappa shape index (κ3) is 4.90. The van der Waals surface area contributed by atoms with Crippen molar-refractivity contribution in [3.05, 3.63) is 58.4 Å². The minimum atomic E-state index is -0.645. The molecule has 0 spiro atoms. The van der Waals surface area contributed by atoms with E-state index in [4.69, 9.17) is 4.74 Å². The number of aromatic nitrogens is 2. The smallest absolute Gasteiger partial charge is 0.308 e. The molecule has 2 rings (SSSR count). The average molecular weight is 329 g/mol. The Balaban J connectivity index is 2.23. The molecule has 2 aromatic rings. The van der Waals surface area contributed by atoms with Gasteiger partial charge in [0.05, 0.1) is 18.0 Å². The van der Waals surface area contributed by atoms with E-state index in [-0.39, 0.29) is 24.7 Å². The molecule has 9 nitrogen and oxygen atoms in total. The second kappa shape index (κ2) is 8.42. The first kappa shape index (κ1) is 17.1. The molecule has 0 aliphatic rings. The summed E-state index contributed by atoms with van der Waals surface area (Å²) in [6.45, 7) is 1.96. The standard InChI is InChI=1S/C15H15N5O4/c1-2-24-14(21)10-13(18-19-15-16-8-3-9-17-15)11-4-6-12(7-5-11)20(22)23/h3-9,13H,2,10H2,1H3. The molecule has 24 heavy (non-hydrogen) atoms. The third-order valence-corrected chi connectivity index (χ3v) is 2.99. The van der Waals surface area contributed by atoms with E-state index >= 15 is 0 Å². The van der Waals surface area contributed by atoms with Gasteiger partial charge >= 0.3 is 5.97 Å². The lowest BCUT2D eigenvalue weighted by Gasteiger charge is -2.10. The maximum absolute atomic E-state index is 11.7. The molecule has 1 aromatic carbocycles. The molecular formula is C15H15N5O4. The van der Waals surface area contributed by atoms with Crippen molar-refractivity contribution >= 4 is 17.6 Å². The summed E-state index contributed by atoms with van der Waals surface area (Å²) in [5.74, 6) is -0.276. The molecule has 0 bridgehead atoms. The molecule has 9 heteroatoms. The number of nitro groups is 1. The van der Waals surface area contributed by atoms with Gasteiger partial charge in [0.15, 0.2) is 0 Å². The van der Waals surface area contributed by atoms with Gasteiger partial charge in [-0.2, -0.15) is 5.11 Å². The summed E-state index contributed by atoms with van der Waals surface area (Å²) in [7, 11) is 0. The molecule has 0 saturated carbocycles. The number of carbonyl (C=O) groups excluding carboxylic acids is 1. The summed E-state index contributed by atoms with van der Waals surface area (Å²) >= 11 is 0. The predicted octanol–water partition coefficient (Wildman–Crippen LogP) is 3.16. The molecule has 1 atom stereocenters. The number of carbonyl (C=O) groups is 1. The van der Waals surface area contributed by atoms with Crippen LogP contribution in [0.5, 0.6) is 0 Å². The minimum absolute atomic E-state index is 0.0397. The second-order valence-electron chi connectivity index (χ2n) is 4.64. The number of nitro benzene ring substituents is 1. The lowest BCUT2D eigenvalue weighted by Crippen LogP contribution is -2.09. The monoisotopic (exact) mass is 329 g/mol. The molecule has 0 radical (unpaired) electrons. The van der Waals surface area contributed by atoms with Crippen LogP contribution in [0.15, 0.2) is 53.0 Å². The summed E-state index contributed by atoms with van der Waals surface area (Å²) in [5.41, 5.74) is 0.560. The van der Waals surface area contributed by atoms with E-state index in [1.807, 2.05) is 0 Å². The maximum atomic E-state index is 11.7. The topological polar surface area (TPSA) is 120 Å². The van der Waals surface area contributed by atoms with Crippen molar-refractivity contribution < 1.29 is 14.5 Å². The molecule has 0 saturated heterocycles. The van der Waals surface area contributed by atoms with Crippen LogP contribution in [0.4, 0.5) is 11.6 Å². The van der Waals surface area contributed by atoms with E-state index in [1.54, 1.807) is 13.0 Å². The highest BCUT2D eigenvalue weighted by molar-refractivity contribution is 5.70. The molecule has 1 unspecified atom stereocenters. The summed E-state index contributed by atoms with van der Waals surface area (Å²) in [4.78, 5) is 29.8. The quantitative estimate of drug-likeness (QED) is 0.333. The number of hydrogen-bond donors (Lipinski definition) is 0. The van der Waals surface area contributed by atoms with Crippen LogP contribution in [0.2, 0.25) is 0 Å². The van der Waals surface area contributed by atoms with E-state index in [1.165, 1.54) is 36.7 Å². The Morgan fingerprint density at radius 1 is 1.29 bits per heavy atom. The molecule has 1 aromatic heterocycles. The van der Waals surface area contributed by atoms with Gasteiger partial charge in [-0.05, 0) is 30.7 Å². The first-order chi connectivity index (χ1) is 11.6. The highest BCUT2D eigenvalue weighted by atomic mass is 16.6. The average Bonchev–Trinajstić information content (AvgIpc) is 2.60. The van der Waals surface area contributed by atoms with Gasteiger partial charge in [0.2, 0.25) is 0 Å². The van der Waals surface area contributed by atoms with E-state index < -0.39 is 16.9 Å². The Labute approximate surface area is 137 Å². The Kier molecular flexibility index (Phi) is 6.01. The highest BCUT2D eigenvalue weighted by Crippen LogP contribution is 2.25. The number of ether oxygens (including phenoxy) is 1. The summed E-state index contributed by atoms with van der Waals surface area (Å²) in [5, 5.41) is 18.7. The predicted molar refractivity (Wildman–Crippen MR) is 83.6 cm³/mol. The number of benzene rings is 1. The Morgan fingerprint density at radius 2 is 1.96 bits per heavy atom. The molecule has 0 fully saturated rings. The largest absolute Gasteiger partial charge is 0.466 e. The van der Waals surface area contributed by atoms with Crippen LogP contribution in [0, 0.1) is 10.1 Å². The summed E-state index contributed by atoms with van der Waals surface area (Å²) in [6, 6.07) is 6.77. The Hall–Kier alpha value is -3.23. The van der Waals surface area contributed by atoms with Crippen molar-refractivity contribution in [1.82, 2.24) is 9.97 Å². The molecule has 124 valence electrons. The minimum Gasteiger partial charge on any atom is -0.466 e. The molecule has 0 aliphatic carbocycles. The highest BCUT2D eigenvalue weighted by Gasteiger charge is 2.18. The number of esters is 1. The van der Waals surface area contributed by atoms with Gasteiger partial charge < -0.3 is 4.74 Å². The summed E-state index contributed by atoms with van der Waals surface area (Å²) in [6.07, 6.45) is 3.00. The Bertz CT molecular complexity index is 718. The van der Waals surface area contributed by atoms with E-state index in [0.717, 1.165) is 0 Å². The lowest BCUT2D eigenvalue weighted by atomic mass is 10.0. The van der Waals surface area contributed by atoms with E-state index in [2.05, 4.69) is 20.2 Å². The molecule has 0 amide bonds. The first-order valence-corrected chi connectivity index (χ1v) is 7.18. The van der Waals surface area contributed by atoms with Crippen molar-refractivity contribution in [1.29, 1.82) is 0 Å². The number of azo groups is 1. The van der Waals surface area contributed by atoms with Crippen LogP contribution < -0.4 is 0 Å². The van der Waals surface area contributed by atoms with Crippen LogP contribution in [-0.2, 0) is 9.53 Å². The zero-order valence-corrected chi connectivity index (χ0v) is 12.9. The zero-order chi connectivity index (χ0) is 17.4. The number of nitrogens with zero attached hydrogens (tertiary/aromatic N) is 5. The van der Waals surface area contributed by atoms with Gasteiger partial charge in [-0.15, -0.1) is 5.11 Å². The summed E-state index contributed by atoms with van der Waals surface area (Å²) < 4.78 is 4.93. The fourth-order valence-electron chi connectivity index (χ4n) is 1.89. The zero-order valence-electron chi connectivity index (χ0n) is 12.9. The van der Waals surface area contributed by atoms with Gasteiger partial charge in [-0.3, -0.25) is 14.9 Å². The number of hydrogen-bond acceptors (Lipinski definition) is 8. The maximum Gasteiger partial charge on any atom is 0.308 e. The van der Waals surface area contributed by atoms with Crippen LogP contribution in [-0.4, -0.2) is 27.5 Å². The van der Waals surface area contributed by atoms with Crippen molar-refractivity contribution in [3.8, 4) is 0 Å². The molecule has 1 heterocycles. The van der Waals surface area contributed by atoms with Crippen LogP contribution in [0.25, 0.3) is 0 Å². The van der Waals surface area contributed by atoms with Crippen molar-refractivity contribution in [2.75, 3.05) is 6.61 Å². The van der Waals surface area contributed by atoms with E-state index in [9.17, 15) is 14.9 Å². The van der Waals surface area contributed by atoms with Crippen LogP contribution >= 0.6 is 0 Å². The normalized spacial score (nSPS) is 12.0. The van der Waals surface area contributed by atoms with E-state index in [0.29, 0.717) is 5.56 Å². The van der Waals surface area contributed by atoms with Crippen LogP contribution in [0.1, 0.15) is 24.9 Å². The van der Waals surface area contributed by atoms with Crippen LogP contribution in [0.3, 0.4) is 0 Å². The van der Waals surface area contributed by atoms with Gasteiger partial charge in [-0.1, -0.05) is 0 Å². The molecule has 0 aliphatic heterocycles. The second-order valence-corrected chi connectivity index (χ2v) is 4.64. The van der Waals surface area contributed by atoms with Gasteiger partial charge in [-0.25, -0.2) is 9.97 Å². The van der Waals surface area contributed by atoms with Gasteiger partial charge in [0, 0.05) is 24.5 Å². The van der Waals surface area contributed by atoms with Crippen molar-refractivity contribution in [2.45, 2.75) is 19.4 Å². The lowest BCUT2D eigenvalue weighted by molar-refractivity contribution is -0.384. The third-order valence-electron chi connectivity index (χ3n) is 2.99. The fourth-order valence-corrected chi connectivity index (χ4v) is 1.89. The van der Waals surface area contributed by atoms with Crippen molar-refractivity contribution in [3.63, 3.8) is 0 Å². The first-order valence-electron chi connectivity index (χ1n) is 7.18. The molecular weight excluding hydrogens is 314 g/mol. The number of rotatable bonds is 7.